The largest absolute Gasteiger partial charge is 0.465 e. The van der Waals surface area contributed by atoms with Crippen molar-refractivity contribution in [2.75, 3.05) is 11.8 Å². The molecule has 0 aliphatic heterocycles. The number of fused-ring (bicyclic) bond motifs is 1. The fourth-order valence-corrected chi connectivity index (χ4v) is 5.10. The third-order valence-corrected chi connectivity index (χ3v) is 7.38. The van der Waals surface area contributed by atoms with Gasteiger partial charge in [0.25, 0.3) is 10.0 Å². The lowest BCUT2D eigenvalue weighted by atomic mass is 10.1. The van der Waals surface area contributed by atoms with Crippen molar-refractivity contribution < 1.29 is 26.8 Å². The fourth-order valence-electron chi connectivity index (χ4n) is 4.02. The molecule has 8 nitrogen and oxygen atoms in total. The zero-order chi connectivity index (χ0) is 26.2. The molecule has 0 amide bonds. The number of anilines is 1. The number of rotatable bonds is 7. The molecule has 0 saturated carbocycles. The first kappa shape index (κ1) is 24.3. The van der Waals surface area contributed by atoms with Crippen molar-refractivity contribution in [3.05, 3.63) is 101 Å². The summed E-state index contributed by atoms with van der Waals surface area (Å²) in [5, 5.41) is 0.735. The standard InChI is InChI=1S/C28H24N2O6S/c1-17-9-11-23(16-24(17)28(31)34-3)37(32,33)30-21-10-12-26-20(13-21)14-22(36-26)15-25-18(2)35-27(29-25)19-7-5-4-6-8-19/h4-14,16,30H,15H2,1-3H3. The predicted octanol–water partition coefficient (Wildman–Crippen LogP) is 5.88. The van der Waals surface area contributed by atoms with E-state index in [1.54, 1.807) is 31.2 Å². The number of benzene rings is 3. The van der Waals surface area contributed by atoms with Gasteiger partial charge in [0.1, 0.15) is 17.1 Å². The minimum Gasteiger partial charge on any atom is -0.465 e. The smallest absolute Gasteiger partial charge is 0.338 e. The maximum atomic E-state index is 13.0. The number of carbonyl (C=O) groups excluding carboxylic acids is 1. The van der Waals surface area contributed by atoms with Gasteiger partial charge in [-0.1, -0.05) is 24.3 Å². The minimum absolute atomic E-state index is 0.0396. The van der Waals surface area contributed by atoms with Gasteiger partial charge in [0, 0.05) is 16.6 Å². The van der Waals surface area contributed by atoms with E-state index in [4.69, 9.17) is 13.6 Å². The molecule has 9 heteroatoms. The molecule has 0 radical (unpaired) electrons. The monoisotopic (exact) mass is 516 g/mol. The normalized spacial score (nSPS) is 11.5. The van der Waals surface area contributed by atoms with Gasteiger partial charge in [-0.05, 0) is 67.9 Å². The van der Waals surface area contributed by atoms with Crippen molar-refractivity contribution in [2.45, 2.75) is 25.2 Å². The van der Waals surface area contributed by atoms with E-state index in [1.165, 1.54) is 19.2 Å². The Hall–Kier alpha value is -4.37. The number of aromatic nitrogens is 1. The Labute approximate surface area is 214 Å². The highest BCUT2D eigenvalue weighted by molar-refractivity contribution is 7.92. The number of methoxy groups -OCH3 is 1. The van der Waals surface area contributed by atoms with Crippen molar-refractivity contribution in [3.63, 3.8) is 0 Å². The lowest BCUT2D eigenvalue weighted by molar-refractivity contribution is 0.0599. The molecule has 37 heavy (non-hydrogen) atoms. The third kappa shape index (κ3) is 4.99. The number of hydrogen-bond donors (Lipinski definition) is 1. The summed E-state index contributed by atoms with van der Waals surface area (Å²) in [6.45, 7) is 3.57. The first-order valence-electron chi connectivity index (χ1n) is 11.5. The van der Waals surface area contributed by atoms with E-state index in [2.05, 4.69) is 9.71 Å². The molecular weight excluding hydrogens is 492 g/mol. The Kier molecular flexibility index (Phi) is 6.31. The van der Waals surface area contributed by atoms with Crippen LogP contribution in [0.15, 0.2) is 86.5 Å². The Balaban J connectivity index is 1.38. The van der Waals surface area contributed by atoms with Gasteiger partial charge in [0.15, 0.2) is 0 Å². The third-order valence-electron chi connectivity index (χ3n) is 6.00. The van der Waals surface area contributed by atoms with Crippen molar-refractivity contribution in [3.8, 4) is 11.5 Å². The van der Waals surface area contributed by atoms with E-state index in [-0.39, 0.29) is 10.5 Å². The molecular formula is C28H24N2O6S. The summed E-state index contributed by atoms with van der Waals surface area (Å²) in [5.41, 5.74) is 3.45. The molecule has 2 aromatic heterocycles. The number of nitrogens with zero attached hydrogens (tertiary/aromatic N) is 1. The summed E-state index contributed by atoms with van der Waals surface area (Å²) >= 11 is 0. The van der Waals surface area contributed by atoms with Gasteiger partial charge in [0.2, 0.25) is 5.89 Å². The number of carbonyl (C=O) groups is 1. The molecule has 5 aromatic rings. The molecule has 0 fully saturated rings. The first-order chi connectivity index (χ1) is 17.7. The lowest BCUT2D eigenvalue weighted by Crippen LogP contribution is -2.14. The molecule has 2 heterocycles. The van der Waals surface area contributed by atoms with Gasteiger partial charge in [0.05, 0.1) is 29.7 Å². The van der Waals surface area contributed by atoms with Crippen LogP contribution in [-0.4, -0.2) is 26.5 Å². The van der Waals surface area contributed by atoms with Crippen LogP contribution in [0.1, 0.15) is 33.1 Å². The average Bonchev–Trinajstić information content (AvgIpc) is 3.46. The number of furan rings is 1. The van der Waals surface area contributed by atoms with Gasteiger partial charge in [-0.3, -0.25) is 4.72 Å². The van der Waals surface area contributed by atoms with Crippen molar-refractivity contribution in [1.29, 1.82) is 0 Å². The second-order valence-electron chi connectivity index (χ2n) is 8.60. The molecule has 0 spiro atoms. The number of ether oxygens (including phenoxy) is 1. The topological polar surface area (TPSA) is 112 Å². The summed E-state index contributed by atoms with van der Waals surface area (Å²) < 4.78 is 45.2. The lowest BCUT2D eigenvalue weighted by Gasteiger charge is -2.10. The zero-order valence-electron chi connectivity index (χ0n) is 20.4. The minimum atomic E-state index is -3.94. The Bertz CT molecular complexity index is 1720. The Morgan fingerprint density at radius 1 is 0.973 bits per heavy atom. The molecule has 0 aliphatic rings. The van der Waals surface area contributed by atoms with Gasteiger partial charge in [-0.15, -0.1) is 0 Å². The molecule has 0 atom stereocenters. The van der Waals surface area contributed by atoms with E-state index in [0.29, 0.717) is 40.7 Å². The second kappa shape index (κ2) is 9.59. The molecule has 3 aromatic carbocycles. The van der Waals surface area contributed by atoms with E-state index in [1.807, 2.05) is 43.3 Å². The van der Waals surface area contributed by atoms with Crippen LogP contribution in [-0.2, 0) is 21.2 Å². The molecule has 5 rings (SSSR count). The van der Waals surface area contributed by atoms with Crippen LogP contribution in [0.5, 0.6) is 0 Å². The van der Waals surface area contributed by atoms with Crippen LogP contribution in [0.2, 0.25) is 0 Å². The van der Waals surface area contributed by atoms with Crippen molar-refractivity contribution >= 4 is 32.6 Å². The summed E-state index contributed by atoms with van der Waals surface area (Å²) in [5.74, 6) is 1.33. The van der Waals surface area contributed by atoms with Gasteiger partial charge < -0.3 is 13.6 Å². The molecule has 0 saturated heterocycles. The summed E-state index contributed by atoms with van der Waals surface area (Å²) in [7, 11) is -2.69. The van der Waals surface area contributed by atoms with Crippen LogP contribution in [0.4, 0.5) is 5.69 Å². The predicted molar refractivity (Wildman–Crippen MR) is 139 cm³/mol. The number of esters is 1. The molecule has 0 unspecified atom stereocenters. The van der Waals surface area contributed by atoms with Crippen LogP contribution < -0.4 is 4.72 Å². The fraction of sp³-hybridized carbons (Fsp3) is 0.143. The van der Waals surface area contributed by atoms with Crippen LogP contribution in [0, 0.1) is 13.8 Å². The zero-order valence-corrected chi connectivity index (χ0v) is 21.3. The molecule has 0 bridgehead atoms. The Morgan fingerprint density at radius 2 is 1.76 bits per heavy atom. The van der Waals surface area contributed by atoms with E-state index < -0.39 is 16.0 Å². The SMILES string of the molecule is COC(=O)c1cc(S(=O)(=O)Nc2ccc3oc(Cc4nc(-c5ccccc5)oc4C)cc3c2)ccc1C. The van der Waals surface area contributed by atoms with Crippen molar-refractivity contribution in [2.24, 2.45) is 0 Å². The molecule has 188 valence electrons. The van der Waals surface area contributed by atoms with Gasteiger partial charge in [-0.2, -0.15) is 0 Å². The maximum absolute atomic E-state index is 13.0. The molecule has 1 N–H and O–H groups in total. The van der Waals surface area contributed by atoms with Gasteiger partial charge in [-0.25, -0.2) is 18.2 Å². The highest BCUT2D eigenvalue weighted by atomic mass is 32.2. The number of hydrogen-bond acceptors (Lipinski definition) is 7. The van der Waals surface area contributed by atoms with E-state index in [0.717, 1.165) is 16.6 Å². The average molecular weight is 517 g/mol. The highest BCUT2D eigenvalue weighted by Crippen LogP contribution is 2.28. The summed E-state index contributed by atoms with van der Waals surface area (Å²) in [6.07, 6.45) is 0.428. The van der Waals surface area contributed by atoms with E-state index in [9.17, 15) is 13.2 Å². The number of nitrogens with one attached hydrogen (secondary N) is 1. The van der Waals surface area contributed by atoms with Gasteiger partial charge >= 0.3 is 5.97 Å². The maximum Gasteiger partial charge on any atom is 0.338 e. The van der Waals surface area contributed by atoms with Crippen molar-refractivity contribution in [1.82, 2.24) is 4.98 Å². The molecule has 0 aliphatic carbocycles. The van der Waals surface area contributed by atoms with Crippen LogP contribution in [0.3, 0.4) is 0 Å². The van der Waals surface area contributed by atoms with E-state index >= 15 is 0 Å². The van der Waals surface area contributed by atoms with Crippen LogP contribution >= 0.6 is 0 Å². The number of aryl methyl sites for hydroxylation is 2. The highest BCUT2D eigenvalue weighted by Gasteiger charge is 2.20. The summed E-state index contributed by atoms with van der Waals surface area (Å²) in [6, 6.07) is 20.9. The quantitative estimate of drug-likeness (QED) is 0.269. The Morgan fingerprint density at radius 3 is 2.51 bits per heavy atom. The summed E-state index contributed by atoms with van der Waals surface area (Å²) in [4.78, 5) is 16.6. The first-order valence-corrected chi connectivity index (χ1v) is 13.0. The number of sulfonamides is 1. The second-order valence-corrected chi connectivity index (χ2v) is 10.3. The number of oxazole rings is 1. The van der Waals surface area contributed by atoms with Crippen LogP contribution in [0.25, 0.3) is 22.4 Å².